The Hall–Kier alpha value is -0.610. The zero-order valence-corrected chi connectivity index (χ0v) is 9.71. The quantitative estimate of drug-likeness (QED) is 0.711. The number of nitrogens with two attached hydrogens (primary N) is 1. The number of amides is 1. The van der Waals surface area contributed by atoms with Gasteiger partial charge in [0.1, 0.15) is 0 Å². The van der Waals surface area contributed by atoms with Crippen LogP contribution in [0, 0.1) is 0 Å². The van der Waals surface area contributed by atoms with Gasteiger partial charge in [-0.15, -0.1) is 0 Å². The van der Waals surface area contributed by atoms with Crippen LogP contribution in [0.5, 0.6) is 0 Å². The summed E-state index contributed by atoms with van der Waals surface area (Å²) in [6.45, 7) is 2.50. The summed E-state index contributed by atoms with van der Waals surface area (Å²) in [6, 6.07) is 0. The van der Waals surface area contributed by atoms with Gasteiger partial charge in [0.05, 0.1) is 12.5 Å². The maximum absolute atomic E-state index is 11.7. The van der Waals surface area contributed by atoms with Crippen LogP contribution < -0.4 is 11.1 Å². The standard InChI is InChI=1S/C11H22N2O2/c1-11(5-3-4-6-11)13-10(14)7-9(8-12)15-2/h9H,3-8,12H2,1-2H3,(H,13,14). The van der Waals surface area contributed by atoms with Crippen LogP contribution in [0.4, 0.5) is 0 Å². The first kappa shape index (κ1) is 12.5. The predicted molar refractivity (Wildman–Crippen MR) is 59.5 cm³/mol. The van der Waals surface area contributed by atoms with Crippen molar-refractivity contribution in [1.82, 2.24) is 5.32 Å². The van der Waals surface area contributed by atoms with E-state index in [2.05, 4.69) is 12.2 Å². The summed E-state index contributed by atoms with van der Waals surface area (Å²) in [5.41, 5.74) is 5.47. The third-order valence-corrected chi connectivity index (χ3v) is 3.16. The van der Waals surface area contributed by atoms with Gasteiger partial charge in [-0.25, -0.2) is 0 Å². The van der Waals surface area contributed by atoms with Crippen LogP contribution in [-0.2, 0) is 9.53 Å². The summed E-state index contributed by atoms with van der Waals surface area (Å²) in [7, 11) is 1.59. The molecule has 1 fully saturated rings. The average Bonchev–Trinajstić information content (AvgIpc) is 2.61. The Morgan fingerprint density at radius 1 is 1.53 bits per heavy atom. The van der Waals surface area contributed by atoms with Crippen LogP contribution in [0.25, 0.3) is 0 Å². The number of hydrogen-bond donors (Lipinski definition) is 2. The Balaban J connectivity index is 2.34. The van der Waals surface area contributed by atoms with Gasteiger partial charge in [-0.1, -0.05) is 12.8 Å². The van der Waals surface area contributed by atoms with Crippen LogP contribution in [0.1, 0.15) is 39.0 Å². The molecule has 4 nitrogen and oxygen atoms in total. The third kappa shape index (κ3) is 3.80. The van der Waals surface area contributed by atoms with Gasteiger partial charge >= 0.3 is 0 Å². The number of carbonyl (C=O) groups is 1. The van der Waals surface area contributed by atoms with E-state index in [4.69, 9.17) is 10.5 Å². The maximum atomic E-state index is 11.7. The summed E-state index contributed by atoms with van der Waals surface area (Å²) in [6.07, 6.45) is 4.79. The summed E-state index contributed by atoms with van der Waals surface area (Å²) < 4.78 is 5.08. The van der Waals surface area contributed by atoms with Gasteiger partial charge in [-0.2, -0.15) is 0 Å². The molecule has 0 saturated heterocycles. The van der Waals surface area contributed by atoms with E-state index < -0.39 is 0 Å². The van der Waals surface area contributed by atoms with E-state index in [1.54, 1.807) is 7.11 Å². The van der Waals surface area contributed by atoms with Crippen LogP contribution in [-0.4, -0.2) is 31.2 Å². The van der Waals surface area contributed by atoms with Crippen molar-refractivity contribution < 1.29 is 9.53 Å². The van der Waals surface area contributed by atoms with Crippen molar-refractivity contribution in [2.24, 2.45) is 5.73 Å². The second-order valence-corrected chi connectivity index (χ2v) is 4.61. The van der Waals surface area contributed by atoms with Crippen molar-refractivity contribution in [3.8, 4) is 0 Å². The van der Waals surface area contributed by atoms with E-state index in [9.17, 15) is 4.79 Å². The highest BCUT2D eigenvalue weighted by molar-refractivity contribution is 5.77. The van der Waals surface area contributed by atoms with Crippen LogP contribution in [0.2, 0.25) is 0 Å². The second kappa shape index (κ2) is 5.47. The Morgan fingerprint density at radius 2 is 2.13 bits per heavy atom. The van der Waals surface area contributed by atoms with Gasteiger partial charge in [-0.05, 0) is 19.8 Å². The van der Waals surface area contributed by atoms with E-state index in [0.29, 0.717) is 13.0 Å². The highest BCUT2D eigenvalue weighted by atomic mass is 16.5. The number of nitrogens with one attached hydrogen (secondary N) is 1. The number of ether oxygens (including phenoxy) is 1. The zero-order chi connectivity index (χ0) is 11.3. The van der Waals surface area contributed by atoms with E-state index in [1.165, 1.54) is 12.8 Å². The minimum absolute atomic E-state index is 0.00394. The predicted octanol–water partition coefficient (Wildman–Crippen LogP) is 0.799. The molecule has 1 aliphatic rings. The molecule has 3 N–H and O–H groups in total. The molecule has 88 valence electrons. The molecule has 1 rings (SSSR count). The minimum atomic E-state index is -0.157. The molecule has 0 heterocycles. The van der Waals surface area contributed by atoms with Crippen molar-refractivity contribution in [3.05, 3.63) is 0 Å². The average molecular weight is 214 g/mol. The molecule has 0 aromatic carbocycles. The molecule has 0 aromatic rings. The number of rotatable bonds is 5. The Bertz CT molecular complexity index is 209. The molecule has 0 bridgehead atoms. The topological polar surface area (TPSA) is 64.3 Å². The molecular weight excluding hydrogens is 192 g/mol. The largest absolute Gasteiger partial charge is 0.380 e. The highest BCUT2D eigenvalue weighted by Crippen LogP contribution is 2.28. The maximum Gasteiger partial charge on any atom is 0.223 e. The monoisotopic (exact) mass is 214 g/mol. The molecule has 0 spiro atoms. The lowest BCUT2D eigenvalue weighted by molar-refractivity contribution is -0.125. The van der Waals surface area contributed by atoms with Gasteiger partial charge in [0, 0.05) is 19.2 Å². The fourth-order valence-electron chi connectivity index (χ4n) is 2.14. The number of methoxy groups -OCH3 is 1. The third-order valence-electron chi connectivity index (χ3n) is 3.16. The van der Waals surface area contributed by atoms with Gasteiger partial charge in [-0.3, -0.25) is 4.79 Å². The molecule has 0 aliphatic heterocycles. The van der Waals surface area contributed by atoms with Crippen molar-refractivity contribution in [2.75, 3.05) is 13.7 Å². The van der Waals surface area contributed by atoms with Crippen molar-refractivity contribution in [1.29, 1.82) is 0 Å². The fourth-order valence-corrected chi connectivity index (χ4v) is 2.14. The number of carbonyl (C=O) groups excluding carboxylic acids is 1. The molecule has 4 heteroatoms. The van der Waals surface area contributed by atoms with E-state index in [0.717, 1.165) is 12.8 Å². The molecule has 1 atom stereocenters. The summed E-state index contributed by atoms with van der Waals surface area (Å²) in [5.74, 6) is 0.0525. The molecular formula is C11H22N2O2. The normalized spacial score (nSPS) is 21.3. The molecule has 1 amide bonds. The lowest BCUT2D eigenvalue weighted by Crippen LogP contribution is -2.45. The first-order chi connectivity index (χ1) is 7.09. The van der Waals surface area contributed by atoms with E-state index in [-0.39, 0.29) is 17.6 Å². The molecule has 0 aromatic heterocycles. The molecule has 1 aliphatic carbocycles. The molecule has 0 radical (unpaired) electrons. The van der Waals surface area contributed by atoms with Crippen molar-refractivity contribution in [2.45, 2.75) is 50.7 Å². The minimum Gasteiger partial charge on any atom is -0.380 e. The zero-order valence-electron chi connectivity index (χ0n) is 9.71. The van der Waals surface area contributed by atoms with Crippen molar-refractivity contribution in [3.63, 3.8) is 0 Å². The Labute approximate surface area is 91.5 Å². The first-order valence-corrected chi connectivity index (χ1v) is 5.63. The molecule has 1 saturated carbocycles. The molecule has 15 heavy (non-hydrogen) atoms. The Kier molecular flexibility index (Phi) is 4.54. The second-order valence-electron chi connectivity index (χ2n) is 4.61. The van der Waals surface area contributed by atoms with Crippen molar-refractivity contribution >= 4 is 5.91 Å². The molecule has 1 unspecified atom stereocenters. The fraction of sp³-hybridized carbons (Fsp3) is 0.909. The van der Waals surface area contributed by atoms with E-state index >= 15 is 0 Å². The van der Waals surface area contributed by atoms with Gasteiger partial charge in [0.15, 0.2) is 0 Å². The smallest absolute Gasteiger partial charge is 0.223 e. The van der Waals surface area contributed by atoms with Crippen LogP contribution in [0.15, 0.2) is 0 Å². The van der Waals surface area contributed by atoms with Gasteiger partial charge in [0.2, 0.25) is 5.91 Å². The van der Waals surface area contributed by atoms with E-state index in [1.807, 2.05) is 0 Å². The SMILES string of the molecule is COC(CN)CC(=O)NC1(C)CCCC1. The number of hydrogen-bond acceptors (Lipinski definition) is 3. The van der Waals surface area contributed by atoms with Gasteiger partial charge in [0.25, 0.3) is 0 Å². The summed E-state index contributed by atoms with van der Waals surface area (Å²) in [4.78, 5) is 11.7. The summed E-state index contributed by atoms with van der Waals surface area (Å²) in [5, 5.41) is 3.08. The highest BCUT2D eigenvalue weighted by Gasteiger charge is 2.30. The van der Waals surface area contributed by atoms with Crippen LogP contribution in [0.3, 0.4) is 0 Å². The lowest BCUT2D eigenvalue weighted by Gasteiger charge is -2.26. The lowest BCUT2D eigenvalue weighted by atomic mass is 10.0. The summed E-state index contributed by atoms with van der Waals surface area (Å²) >= 11 is 0. The van der Waals surface area contributed by atoms with Crippen LogP contribution >= 0.6 is 0 Å². The first-order valence-electron chi connectivity index (χ1n) is 5.63. The Morgan fingerprint density at radius 3 is 2.60 bits per heavy atom. The van der Waals surface area contributed by atoms with Gasteiger partial charge < -0.3 is 15.8 Å².